The molecule has 0 fully saturated rings. The quantitative estimate of drug-likeness (QED) is 0.296. The van der Waals surface area contributed by atoms with Crippen molar-refractivity contribution >= 4 is 46.0 Å². The van der Waals surface area contributed by atoms with Gasteiger partial charge in [-0.05, 0) is 80.1 Å². The molecule has 1 aliphatic rings. The number of esters is 1. The van der Waals surface area contributed by atoms with Crippen LogP contribution in [0.3, 0.4) is 0 Å². The van der Waals surface area contributed by atoms with Gasteiger partial charge >= 0.3 is 5.97 Å². The number of thiazole rings is 1. The van der Waals surface area contributed by atoms with Gasteiger partial charge in [0, 0.05) is 11.6 Å². The van der Waals surface area contributed by atoms with Gasteiger partial charge in [-0.25, -0.2) is 9.79 Å². The Balaban J connectivity index is 1.96. The summed E-state index contributed by atoms with van der Waals surface area (Å²) in [6, 6.07) is 7.25. The van der Waals surface area contributed by atoms with Crippen molar-refractivity contribution in [3.63, 3.8) is 0 Å². The second-order valence-corrected chi connectivity index (χ2v) is 10.9. The van der Waals surface area contributed by atoms with Crippen molar-refractivity contribution in [3.05, 3.63) is 76.0 Å². The van der Waals surface area contributed by atoms with E-state index in [2.05, 4.69) is 4.99 Å². The predicted molar refractivity (Wildman–Crippen MR) is 152 cm³/mol. The number of aromatic nitrogens is 1. The van der Waals surface area contributed by atoms with Crippen molar-refractivity contribution in [2.75, 3.05) is 13.7 Å². The van der Waals surface area contributed by atoms with Crippen molar-refractivity contribution in [1.82, 2.24) is 4.57 Å². The predicted octanol–water partition coefficient (Wildman–Crippen LogP) is 3.61. The average molecular weight is 650 g/mol. The van der Waals surface area contributed by atoms with Gasteiger partial charge in [-0.15, -0.1) is 0 Å². The summed E-state index contributed by atoms with van der Waals surface area (Å²) >= 11 is 3.08. The molecule has 0 amide bonds. The second kappa shape index (κ2) is 11.2. The number of carbonyl (C=O) groups is 1. The van der Waals surface area contributed by atoms with Crippen LogP contribution in [0.1, 0.15) is 44.9 Å². The molecule has 200 valence electrons. The number of carbonyl (C=O) groups excluding carboxylic acids is 1. The largest absolute Gasteiger partial charge is 0.507 e. The first kappa shape index (κ1) is 27.7. The third-order valence-electron chi connectivity index (χ3n) is 5.77. The van der Waals surface area contributed by atoms with Gasteiger partial charge in [0.05, 0.1) is 45.2 Å². The molecule has 2 aromatic carbocycles. The lowest BCUT2D eigenvalue weighted by Gasteiger charge is -2.25. The molecule has 38 heavy (non-hydrogen) atoms. The molecule has 0 aliphatic carbocycles. The molecule has 0 unspecified atom stereocenters. The van der Waals surface area contributed by atoms with E-state index >= 15 is 0 Å². The number of hydrogen-bond acceptors (Lipinski definition) is 9. The first-order valence-corrected chi connectivity index (χ1v) is 13.7. The van der Waals surface area contributed by atoms with E-state index in [0.717, 1.165) is 11.3 Å². The van der Waals surface area contributed by atoms with E-state index in [1.165, 1.54) is 17.7 Å². The Morgan fingerprint density at radius 3 is 2.61 bits per heavy atom. The summed E-state index contributed by atoms with van der Waals surface area (Å²) in [6.45, 7) is 7.39. The van der Waals surface area contributed by atoms with E-state index in [1.54, 1.807) is 44.2 Å². The highest BCUT2D eigenvalue weighted by Gasteiger charge is 2.34. The third kappa shape index (κ3) is 5.30. The molecule has 2 heterocycles. The highest BCUT2D eigenvalue weighted by Crippen LogP contribution is 2.36. The van der Waals surface area contributed by atoms with Crippen molar-refractivity contribution in [2.45, 2.75) is 39.8 Å². The Kier molecular flexibility index (Phi) is 8.16. The topological polar surface area (TPSA) is 120 Å². The molecule has 2 N–H and O–H groups in total. The zero-order valence-corrected chi connectivity index (χ0v) is 24.4. The minimum absolute atomic E-state index is 0.0600. The molecular formula is C27H27IN2O7S. The number of hydrogen-bond donors (Lipinski definition) is 2. The number of rotatable bonds is 7. The maximum absolute atomic E-state index is 13.8. The maximum Gasteiger partial charge on any atom is 0.338 e. The van der Waals surface area contributed by atoms with E-state index in [9.17, 15) is 19.8 Å². The van der Waals surface area contributed by atoms with Crippen molar-refractivity contribution in [1.29, 1.82) is 0 Å². The van der Waals surface area contributed by atoms with Crippen LogP contribution < -0.4 is 24.4 Å². The van der Waals surface area contributed by atoms with Crippen molar-refractivity contribution in [2.24, 2.45) is 4.99 Å². The SMILES string of the molecule is CCOC(=O)C1=C(C)N=c2s/c(=C\c3cc(I)c(O)cc3O)c(=O)n2[C@@H]1c1ccc(OC(C)C)c(OC)c1. The monoisotopic (exact) mass is 650 g/mol. The minimum Gasteiger partial charge on any atom is -0.507 e. The van der Waals surface area contributed by atoms with Crippen molar-refractivity contribution in [3.8, 4) is 23.0 Å². The fourth-order valence-corrected chi connectivity index (χ4v) is 5.66. The summed E-state index contributed by atoms with van der Waals surface area (Å²) < 4.78 is 19.0. The standard InChI is InChI=1S/C27H27IN2O7S/c1-6-36-26(34)23-14(4)29-27-30(24(23)15-7-8-20(37-13(2)3)21(10-15)35-5)25(33)22(38-27)11-16-9-17(28)19(32)12-18(16)31/h7-13,24,31-32H,6H2,1-5H3/b22-11-/t24-/m1/s1. The van der Waals surface area contributed by atoms with E-state index in [1.807, 2.05) is 36.4 Å². The summed E-state index contributed by atoms with van der Waals surface area (Å²) in [6.07, 6.45) is 1.46. The van der Waals surface area contributed by atoms with Crippen LogP contribution in [0.4, 0.5) is 0 Å². The third-order valence-corrected chi connectivity index (χ3v) is 7.61. The first-order chi connectivity index (χ1) is 18.0. The number of nitrogens with zero attached hydrogens (tertiary/aromatic N) is 2. The minimum atomic E-state index is -0.831. The Morgan fingerprint density at radius 1 is 1.21 bits per heavy atom. The van der Waals surface area contributed by atoms with Crippen LogP contribution in [0.15, 0.2) is 51.4 Å². The van der Waals surface area contributed by atoms with E-state index in [0.29, 0.717) is 41.2 Å². The Labute approximate surface area is 236 Å². The number of benzene rings is 2. The number of phenolic OH excluding ortho intramolecular Hbond substituents is 2. The number of methoxy groups -OCH3 is 1. The van der Waals surface area contributed by atoms with Gasteiger partial charge in [0.1, 0.15) is 11.5 Å². The summed E-state index contributed by atoms with van der Waals surface area (Å²) in [5.74, 6) is 0.198. The Morgan fingerprint density at radius 2 is 1.95 bits per heavy atom. The highest BCUT2D eigenvalue weighted by molar-refractivity contribution is 14.1. The summed E-state index contributed by atoms with van der Waals surface area (Å²) in [5, 5.41) is 20.2. The van der Waals surface area contributed by atoms with E-state index in [-0.39, 0.29) is 29.8 Å². The molecule has 1 atom stereocenters. The molecule has 1 aromatic heterocycles. The van der Waals surface area contributed by atoms with Crippen LogP contribution in [0.2, 0.25) is 0 Å². The van der Waals surface area contributed by atoms with Gasteiger partial charge in [0.15, 0.2) is 16.3 Å². The Hall–Kier alpha value is -3.32. The van der Waals surface area contributed by atoms with E-state index in [4.69, 9.17) is 14.2 Å². The number of fused-ring (bicyclic) bond motifs is 1. The normalized spacial score (nSPS) is 15.3. The van der Waals surface area contributed by atoms with Crippen LogP contribution >= 0.6 is 33.9 Å². The van der Waals surface area contributed by atoms with Gasteiger partial charge in [0.2, 0.25) is 0 Å². The number of allylic oxidation sites excluding steroid dienone is 1. The molecule has 11 heteroatoms. The van der Waals surface area contributed by atoms with Crippen LogP contribution in [-0.2, 0) is 9.53 Å². The molecule has 9 nitrogen and oxygen atoms in total. The fraction of sp³-hybridized carbons (Fsp3) is 0.296. The number of ether oxygens (including phenoxy) is 3. The van der Waals surface area contributed by atoms with Gasteiger partial charge in [-0.3, -0.25) is 9.36 Å². The molecule has 0 radical (unpaired) electrons. The number of aromatic hydroxyl groups is 2. The van der Waals surface area contributed by atoms with Gasteiger partial charge in [-0.2, -0.15) is 0 Å². The maximum atomic E-state index is 13.8. The average Bonchev–Trinajstić information content (AvgIpc) is 3.16. The molecular weight excluding hydrogens is 623 g/mol. The molecule has 0 saturated heterocycles. The van der Waals surface area contributed by atoms with Crippen LogP contribution in [0, 0.1) is 3.57 Å². The molecule has 0 bridgehead atoms. The van der Waals surface area contributed by atoms with Gasteiger partial charge in [0.25, 0.3) is 5.56 Å². The van der Waals surface area contributed by atoms with Gasteiger partial charge < -0.3 is 24.4 Å². The first-order valence-electron chi connectivity index (χ1n) is 11.8. The summed E-state index contributed by atoms with van der Waals surface area (Å²) in [4.78, 5) is 31.9. The zero-order chi connectivity index (χ0) is 27.7. The molecule has 4 rings (SSSR count). The second-order valence-electron chi connectivity index (χ2n) is 8.74. The van der Waals surface area contributed by atoms with E-state index < -0.39 is 17.6 Å². The lowest BCUT2D eigenvalue weighted by atomic mass is 9.95. The van der Waals surface area contributed by atoms with Crippen LogP contribution in [0.5, 0.6) is 23.0 Å². The number of halogens is 1. The van der Waals surface area contributed by atoms with Crippen LogP contribution in [-0.4, -0.2) is 40.6 Å². The molecule has 0 spiro atoms. The summed E-state index contributed by atoms with van der Waals surface area (Å²) in [5.41, 5.74) is 1.27. The summed E-state index contributed by atoms with van der Waals surface area (Å²) in [7, 11) is 1.52. The molecule has 0 saturated carbocycles. The highest BCUT2D eigenvalue weighted by atomic mass is 127. The van der Waals surface area contributed by atoms with Crippen LogP contribution in [0.25, 0.3) is 6.08 Å². The molecule has 1 aliphatic heterocycles. The fourth-order valence-electron chi connectivity index (χ4n) is 4.14. The lowest BCUT2D eigenvalue weighted by molar-refractivity contribution is -0.139. The molecule has 3 aromatic rings. The van der Waals surface area contributed by atoms with Crippen molar-refractivity contribution < 1.29 is 29.2 Å². The van der Waals surface area contributed by atoms with Gasteiger partial charge in [-0.1, -0.05) is 17.4 Å². The number of phenols is 2. The zero-order valence-electron chi connectivity index (χ0n) is 21.4. The Bertz CT molecular complexity index is 1620. The smallest absolute Gasteiger partial charge is 0.338 e. The lowest BCUT2D eigenvalue weighted by Crippen LogP contribution is -2.40.